The van der Waals surface area contributed by atoms with Crippen LogP contribution in [0.5, 0.6) is 0 Å². The maximum Gasteiger partial charge on any atom is 0.139 e. The molecule has 2 heterocycles. The fourth-order valence-corrected chi connectivity index (χ4v) is 3.76. The van der Waals surface area contributed by atoms with Crippen molar-refractivity contribution in [3.05, 3.63) is 94.1 Å². The second kappa shape index (κ2) is 10.9. The highest BCUT2D eigenvalue weighted by Gasteiger charge is 2.20. The van der Waals surface area contributed by atoms with Crippen molar-refractivity contribution in [3.63, 3.8) is 0 Å². The van der Waals surface area contributed by atoms with Crippen molar-refractivity contribution in [3.8, 4) is 0 Å². The Morgan fingerprint density at radius 1 is 1.18 bits per heavy atom. The zero-order valence-electron chi connectivity index (χ0n) is 20.5. The Morgan fingerprint density at radius 3 is 2.67 bits per heavy atom. The van der Waals surface area contributed by atoms with E-state index in [9.17, 15) is 0 Å². The third kappa shape index (κ3) is 5.15. The molecule has 5 heteroatoms. The van der Waals surface area contributed by atoms with Crippen LogP contribution in [0, 0.1) is 13.8 Å². The summed E-state index contributed by atoms with van der Waals surface area (Å²) in [5, 5.41) is 3.60. The van der Waals surface area contributed by atoms with Gasteiger partial charge in [0.05, 0.1) is 11.4 Å². The van der Waals surface area contributed by atoms with Crippen LogP contribution in [0.1, 0.15) is 73.7 Å². The molecule has 0 bridgehead atoms. The highest BCUT2D eigenvalue weighted by Crippen LogP contribution is 2.36. The molecule has 172 valence electrons. The number of nitrogens with zero attached hydrogens (tertiary/aromatic N) is 2. The second-order valence-electron chi connectivity index (χ2n) is 7.99. The Morgan fingerprint density at radius 2 is 1.97 bits per heavy atom. The smallest absolute Gasteiger partial charge is 0.139 e. The maximum absolute atomic E-state index is 6.24. The number of anilines is 2. The normalized spacial score (nSPS) is 15.2. The Labute approximate surface area is 197 Å². The first kappa shape index (κ1) is 24.2. The van der Waals surface area contributed by atoms with Gasteiger partial charge in [0, 0.05) is 47.0 Å². The Bertz CT molecular complexity index is 1200. The van der Waals surface area contributed by atoms with Gasteiger partial charge in [0.25, 0.3) is 0 Å². The highest BCUT2D eigenvalue weighted by atomic mass is 15.0. The van der Waals surface area contributed by atoms with Crippen molar-refractivity contribution in [1.29, 1.82) is 0 Å². The standard InChI is InChI=1S/C26H29N5.C2H6/c1-5-16(2)15-30-25(19-12-14-28-18(19)4)22-7-6-13-29-26(22)31-24-17(3)8-9-20-21(24)10-11-23(20)27;1-2/h6-15,23,28H,5,27H2,1-4H3,(H,29,31);1-2H3. The number of aromatic amines is 1. The quantitative estimate of drug-likeness (QED) is 0.361. The first-order chi connectivity index (χ1) is 16.0. The zero-order chi connectivity index (χ0) is 24.0. The number of nitrogens with two attached hydrogens (primary N) is 1. The van der Waals surface area contributed by atoms with Gasteiger partial charge in [-0.1, -0.05) is 50.6 Å². The maximum atomic E-state index is 6.24. The number of aryl methyl sites for hydroxylation is 2. The number of fused-ring (bicyclic) bond motifs is 1. The van der Waals surface area contributed by atoms with Gasteiger partial charge in [-0.25, -0.2) is 4.98 Å². The van der Waals surface area contributed by atoms with Gasteiger partial charge in [-0.2, -0.15) is 0 Å². The summed E-state index contributed by atoms with van der Waals surface area (Å²) in [6.07, 6.45) is 10.8. The fourth-order valence-electron chi connectivity index (χ4n) is 3.76. The molecule has 0 aliphatic heterocycles. The summed E-state index contributed by atoms with van der Waals surface area (Å²) in [5.74, 6) is 0.773. The molecule has 1 unspecified atom stereocenters. The van der Waals surface area contributed by atoms with E-state index in [2.05, 4.69) is 73.3 Å². The van der Waals surface area contributed by atoms with E-state index < -0.39 is 0 Å². The average molecular weight is 442 g/mol. The number of hydrogen-bond acceptors (Lipinski definition) is 4. The topological polar surface area (TPSA) is 79.1 Å². The molecule has 4 rings (SSSR count). The number of pyridine rings is 1. The predicted molar refractivity (Wildman–Crippen MR) is 141 cm³/mol. The summed E-state index contributed by atoms with van der Waals surface area (Å²) in [6.45, 7) is 12.4. The summed E-state index contributed by atoms with van der Waals surface area (Å²) < 4.78 is 0. The van der Waals surface area contributed by atoms with E-state index >= 15 is 0 Å². The summed E-state index contributed by atoms with van der Waals surface area (Å²) >= 11 is 0. The van der Waals surface area contributed by atoms with Crippen LogP contribution >= 0.6 is 0 Å². The monoisotopic (exact) mass is 441 g/mol. The molecule has 0 saturated carbocycles. The lowest BCUT2D eigenvalue weighted by atomic mass is 10.0. The first-order valence-electron chi connectivity index (χ1n) is 11.7. The van der Waals surface area contributed by atoms with Crippen molar-refractivity contribution in [2.45, 2.75) is 54.0 Å². The van der Waals surface area contributed by atoms with Crippen LogP contribution in [-0.4, -0.2) is 15.7 Å². The molecule has 0 radical (unpaired) electrons. The lowest BCUT2D eigenvalue weighted by Crippen LogP contribution is -2.10. The molecule has 0 saturated heterocycles. The third-order valence-electron chi connectivity index (χ3n) is 5.80. The minimum absolute atomic E-state index is 0.0684. The van der Waals surface area contributed by atoms with E-state index in [1.54, 1.807) is 6.20 Å². The molecule has 2 aromatic heterocycles. The first-order valence-corrected chi connectivity index (χ1v) is 11.7. The molecule has 0 fully saturated rings. The van der Waals surface area contributed by atoms with Gasteiger partial charge in [-0.05, 0) is 56.5 Å². The molecule has 0 spiro atoms. The van der Waals surface area contributed by atoms with Crippen molar-refractivity contribution in [2.75, 3.05) is 5.32 Å². The lowest BCUT2D eigenvalue weighted by Gasteiger charge is -2.17. The van der Waals surface area contributed by atoms with E-state index in [1.165, 1.54) is 5.57 Å². The fraction of sp³-hybridized carbons (Fsp3) is 0.286. The SMILES string of the molecule is CC.CCC(C)=CN=C(c1cccnc1Nc1c(C)ccc2c1C=CC2N)c1cc[nH]c1C. The number of hydrogen-bond donors (Lipinski definition) is 3. The van der Waals surface area contributed by atoms with Gasteiger partial charge >= 0.3 is 0 Å². The summed E-state index contributed by atoms with van der Waals surface area (Å²) in [4.78, 5) is 12.9. The number of aliphatic imine (C=N–C) groups is 1. The number of allylic oxidation sites excluding steroid dienone is 1. The Kier molecular flexibility index (Phi) is 8.01. The van der Waals surface area contributed by atoms with Crippen molar-refractivity contribution in [1.82, 2.24) is 9.97 Å². The highest BCUT2D eigenvalue weighted by molar-refractivity contribution is 6.16. The van der Waals surface area contributed by atoms with E-state index in [0.29, 0.717) is 0 Å². The molecule has 1 aliphatic rings. The van der Waals surface area contributed by atoms with Crippen molar-refractivity contribution >= 4 is 23.3 Å². The number of benzene rings is 1. The van der Waals surface area contributed by atoms with Crippen LogP contribution in [0.15, 0.2) is 65.6 Å². The summed E-state index contributed by atoms with van der Waals surface area (Å²) in [7, 11) is 0. The molecule has 3 aromatic rings. The minimum Gasteiger partial charge on any atom is -0.365 e. The third-order valence-corrected chi connectivity index (χ3v) is 5.80. The number of nitrogens with one attached hydrogen (secondary N) is 2. The molecule has 0 amide bonds. The van der Waals surface area contributed by atoms with E-state index in [0.717, 1.165) is 57.1 Å². The summed E-state index contributed by atoms with van der Waals surface area (Å²) in [6, 6.07) is 10.2. The molecule has 4 N–H and O–H groups in total. The largest absolute Gasteiger partial charge is 0.365 e. The molecule has 33 heavy (non-hydrogen) atoms. The minimum atomic E-state index is -0.0684. The molecule has 1 aliphatic carbocycles. The average Bonchev–Trinajstić information content (AvgIpc) is 3.43. The van der Waals surface area contributed by atoms with Crippen LogP contribution in [0.25, 0.3) is 6.08 Å². The van der Waals surface area contributed by atoms with Crippen LogP contribution in [0.4, 0.5) is 11.5 Å². The Hall–Kier alpha value is -3.44. The van der Waals surface area contributed by atoms with Crippen LogP contribution in [0.3, 0.4) is 0 Å². The number of aromatic nitrogens is 2. The molecular weight excluding hydrogens is 406 g/mol. The lowest BCUT2D eigenvalue weighted by molar-refractivity contribution is 0.930. The van der Waals surface area contributed by atoms with Crippen LogP contribution in [0.2, 0.25) is 0 Å². The van der Waals surface area contributed by atoms with Gasteiger partial charge in [0.15, 0.2) is 0 Å². The second-order valence-corrected chi connectivity index (χ2v) is 7.99. The molecule has 1 atom stereocenters. The van der Waals surface area contributed by atoms with Gasteiger partial charge in [0.2, 0.25) is 0 Å². The van der Waals surface area contributed by atoms with Gasteiger partial charge in [-0.15, -0.1) is 0 Å². The summed E-state index contributed by atoms with van der Waals surface area (Å²) in [5.41, 5.74) is 15.9. The van der Waals surface area contributed by atoms with Crippen molar-refractivity contribution < 1.29 is 0 Å². The van der Waals surface area contributed by atoms with Gasteiger partial charge < -0.3 is 16.0 Å². The van der Waals surface area contributed by atoms with Crippen LogP contribution in [-0.2, 0) is 0 Å². The molecule has 5 nitrogen and oxygen atoms in total. The molecule has 1 aromatic carbocycles. The molecular formula is C28H35N5. The van der Waals surface area contributed by atoms with Gasteiger partial charge in [-0.3, -0.25) is 4.99 Å². The Balaban J connectivity index is 0.00000149. The van der Waals surface area contributed by atoms with Crippen LogP contribution < -0.4 is 11.1 Å². The van der Waals surface area contributed by atoms with Crippen molar-refractivity contribution in [2.24, 2.45) is 10.7 Å². The van der Waals surface area contributed by atoms with Gasteiger partial charge in [0.1, 0.15) is 5.82 Å². The predicted octanol–water partition coefficient (Wildman–Crippen LogP) is 6.97. The number of H-pyrrole nitrogens is 1. The van der Waals surface area contributed by atoms with E-state index in [-0.39, 0.29) is 6.04 Å². The van der Waals surface area contributed by atoms with E-state index in [1.807, 2.05) is 38.4 Å². The zero-order valence-corrected chi connectivity index (χ0v) is 20.5. The number of rotatable bonds is 6. The van der Waals surface area contributed by atoms with E-state index in [4.69, 9.17) is 10.7 Å².